The summed E-state index contributed by atoms with van der Waals surface area (Å²) in [4.78, 5) is 2.27. The van der Waals surface area contributed by atoms with E-state index in [0.717, 1.165) is 56.2 Å². The zero-order valence-corrected chi connectivity index (χ0v) is 13.7. The van der Waals surface area contributed by atoms with E-state index in [9.17, 15) is 0 Å². The van der Waals surface area contributed by atoms with E-state index in [1.54, 1.807) is 0 Å². The Morgan fingerprint density at radius 2 is 2.18 bits per heavy atom. The van der Waals surface area contributed by atoms with Gasteiger partial charge in [0.25, 0.3) is 0 Å². The first-order valence-electron chi connectivity index (χ1n) is 8.28. The zero-order valence-electron chi connectivity index (χ0n) is 13.7. The molecule has 2 rings (SSSR count). The van der Waals surface area contributed by atoms with Crippen molar-refractivity contribution in [1.82, 2.24) is 4.90 Å². The van der Waals surface area contributed by atoms with Gasteiger partial charge < -0.3 is 24.8 Å². The molecule has 0 atom stereocenters. The zero-order chi connectivity index (χ0) is 15.8. The summed E-state index contributed by atoms with van der Waals surface area (Å²) in [5.41, 5.74) is 2.30. The van der Waals surface area contributed by atoms with Crippen molar-refractivity contribution in [2.45, 2.75) is 26.7 Å². The fraction of sp³-hybridized carbons (Fsp3) is 0.647. The Morgan fingerprint density at radius 3 is 2.91 bits per heavy atom. The van der Waals surface area contributed by atoms with Crippen molar-refractivity contribution in [3.63, 3.8) is 0 Å². The summed E-state index contributed by atoms with van der Waals surface area (Å²) in [7, 11) is 0. The highest BCUT2D eigenvalue weighted by Crippen LogP contribution is 2.38. The standard InChI is InChI=1S/C17H28N2O3/c1-3-19(9-10-20)8-5-6-14-12-15-17(22-11-7-18-15)16(13-14)21-4-2/h12-13,18,20H,3-11H2,1-2H3. The van der Waals surface area contributed by atoms with Crippen LogP contribution in [0.5, 0.6) is 11.5 Å². The van der Waals surface area contributed by atoms with Crippen LogP contribution in [0.15, 0.2) is 12.1 Å². The largest absolute Gasteiger partial charge is 0.490 e. The Labute approximate surface area is 133 Å². The van der Waals surface area contributed by atoms with Crippen molar-refractivity contribution in [3.8, 4) is 11.5 Å². The maximum absolute atomic E-state index is 9.03. The summed E-state index contributed by atoms with van der Waals surface area (Å²) < 4.78 is 11.5. The normalized spacial score (nSPS) is 13.5. The van der Waals surface area contributed by atoms with Gasteiger partial charge in [-0.05, 0) is 50.6 Å². The first-order valence-corrected chi connectivity index (χ1v) is 8.28. The van der Waals surface area contributed by atoms with Gasteiger partial charge in [-0.1, -0.05) is 6.92 Å². The van der Waals surface area contributed by atoms with Crippen LogP contribution >= 0.6 is 0 Å². The number of nitrogens with one attached hydrogen (secondary N) is 1. The second-order valence-corrected chi connectivity index (χ2v) is 5.44. The van der Waals surface area contributed by atoms with Gasteiger partial charge in [0.1, 0.15) is 6.61 Å². The van der Waals surface area contributed by atoms with Gasteiger partial charge in [0, 0.05) is 13.1 Å². The van der Waals surface area contributed by atoms with Crippen LogP contribution in [-0.2, 0) is 6.42 Å². The van der Waals surface area contributed by atoms with Crippen molar-refractivity contribution < 1.29 is 14.6 Å². The fourth-order valence-corrected chi connectivity index (χ4v) is 2.76. The van der Waals surface area contributed by atoms with Gasteiger partial charge in [0.2, 0.25) is 0 Å². The average Bonchev–Trinajstić information content (AvgIpc) is 2.54. The van der Waals surface area contributed by atoms with Crippen LogP contribution in [0.3, 0.4) is 0 Å². The summed E-state index contributed by atoms with van der Waals surface area (Å²) in [6.45, 7) is 9.22. The number of aryl methyl sites for hydroxylation is 1. The molecule has 5 heteroatoms. The fourth-order valence-electron chi connectivity index (χ4n) is 2.76. The third kappa shape index (κ3) is 4.52. The van der Waals surface area contributed by atoms with Gasteiger partial charge in [-0.25, -0.2) is 0 Å². The van der Waals surface area contributed by atoms with Gasteiger partial charge in [-0.2, -0.15) is 0 Å². The Kier molecular flexibility index (Phi) is 6.80. The molecule has 0 fully saturated rings. The molecule has 0 aliphatic carbocycles. The number of hydrogen-bond acceptors (Lipinski definition) is 5. The molecule has 5 nitrogen and oxygen atoms in total. The number of hydrogen-bond donors (Lipinski definition) is 2. The molecule has 1 heterocycles. The lowest BCUT2D eigenvalue weighted by Gasteiger charge is -2.23. The number of nitrogens with zero attached hydrogens (tertiary/aromatic N) is 1. The minimum atomic E-state index is 0.225. The Bertz CT molecular complexity index is 465. The Hall–Kier alpha value is -1.46. The van der Waals surface area contributed by atoms with Crippen molar-refractivity contribution in [1.29, 1.82) is 0 Å². The molecule has 0 bridgehead atoms. The SMILES string of the molecule is CCOc1cc(CCCN(CC)CCO)cc2c1OCCN2. The third-order valence-corrected chi connectivity index (χ3v) is 3.88. The molecule has 2 N–H and O–H groups in total. The Morgan fingerprint density at radius 1 is 1.32 bits per heavy atom. The van der Waals surface area contributed by atoms with Crippen molar-refractivity contribution in [2.75, 3.05) is 51.3 Å². The number of likely N-dealkylation sites (N-methyl/N-ethyl adjacent to an activating group) is 1. The number of aliphatic hydroxyl groups is 1. The van der Waals surface area contributed by atoms with E-state index >= 15 is 0 Å². The van der Waals surface area contributed by atoms with Crippen LogP contribution < -0.4 is 14.8 Å². The first kappa shape index (κ1) is 16.9. The molecule has 124 valence electrons. The highest BCUT2D eigenvalue weighted by Gasteiger charge is 2.17. The average molecular weight is 308 g/mol. The van der Waals surface area contributed by atoms with E-state index in [1.165, 1.54) is 5.56 Å². The number of rotatable bonds is 9. The topological polar surface area (TPSA) is 54.0 Å². The lowest BCUT2D eigenvalue weighted by atomic mass is 10.1. The molecular weight excluding hydrogens is 280 g/mol. The molecule has 0 unspecified atom stereocenters. The molecule has 0 radical (unpaired) electrons. The number of fused-ring (bicyclic) bond motifs is 1. The second-order valence-electron chi connectivity index (χ2n) is 5.44. The summed E-state index contributed by atoms with van der Waals surface area (Å²) in [6, 6.07) is 4.26. The smallest absolute Gasteiger partial charge is 0.184 e. The third-order valence-electron chi connectivity index (χ3n) is 3.88. The van der Waals surface area contributed by atoms with E-state index in [4.69, 9.17) is 14.6 Å². The van der Waals surface area contributed by atoms with Crippen LogP contribution in [0.2, 0.25) is 0 Å². The summed E-state index contributed by atoms with van der Waals surface area (Å²) in [5.74, 6) is 1.68. The summed E-state index contributed by atoms with van der Waals surface area (Å²) in [6.07, 6.45) is 2.07. The van der Waals surface area contributed by atoms with Crippen LogP contribution in [-0.4, -0.2) is 56.0 Å². The van der Waals surface area contributed by atoms with Gasteiger partial charge in [0.15, 0.2) is 11.5 Å². The van der Waals surface area contributed by atoms with E-state index in [0.29, 0.717) is 13.2 Å². The summed E-state index contributed by atoms with van der Waals surface area (Å²) in [5, 5.41) is 12.4. The molecule has 0 spiro atoms. The minimum Gasteiger partial charge on any atom is -0.490 e. The van der Waals surface area contributed by atoms with Gasteiger partial charge in [0.05, 0.1) is 18.9 Å². The lowest BCUT2D eigenvalue weighted by Crippen LogP contribution is -2.28. The lowest BCUT2D eigenvalue weighted by molar-refractivity contribution is 0.200. The van der Waals surface area contributed by atoms with Crippen molar-refractivity contribution in [2.24, 2.45) is 0 Å². The van der Waals surface area contributed by atoms with Crippen LogP contribution in [0, 0.1) is 0 Å². The number of anilines is 1. The predicted molar refractivity (Wildman–Crippen MR) is 89.1 cm³/mol. The maximum atomic E-state index is 9.03. The molecule has 0 amide bonds. The molecule has 1 aromatic carbocycles. The van der Waals surface area contributed by atoms with Gasteiger partial charge in [-0.15, -0.1) is 0 Å². The quantitative estimate of drug-likeness (QED) is 0.732. The highest BCUT2D eigenvalue weighted by molar-refractivity contribution is 5.66. The molecule has 1 aromatic rings. The van der Waals surface area contributed by atoms with E-state index < -0.39 is 0 Å². The molecule has 1 aliphatic heterocycles. The van der Waals surface area contributed by atoms with Crippen LogP contribution in [0.1, 0.15) is 25.8 Å². The van der Waals surface area contributed by atoms with Gasteiger partial charge >= 0.3 is 0 Å². The highest BCUT2D eigenvalue weighted by atomic mass is 16.5. The molecular formula is C17H28N2O3. The molecule has 22 heavy (non-hydrogen) atoms. The van der Waals surface area contributed by atoms with Gasteiger partial charge in [-0.3, -0.25) is 0 Å². The molecule has 0 aromatic heterocycles. The maximum Gasteiger partial charge on any atom is 0.184 e. The van der Waals surface area contributed by atoms with E-state index in [2.05, 4.69) is 29.3 Å². The van der Waals surface area contributed by atoms with Crippen LogP contribution in [0.25, 0.3) is 0 Å². The minimum absolute atomic E-state index is 0.225. The predicted octanol–water partition coefficient (Wildman–Crippen LogP) is 2.14. The van der Waals surface area contributed by atoms with E-state index in [1.807, 2.05) is 6.92 Å². The molecule has 0 saturated heterocycles. The monoisotopic (exact) mass is 308 g/mol. The van der Waals surface area contributed by atoms with Crippen molar-refractivity contribution in [3.05, 3.63) is 17.7 Å². The van der Waals surface area contributed by atoms with E-state index in [-0.39, 0.29) is 6.61 Å². The molecule has 1 aliphatic rings. The number of aliphatic hydroxyl groups excluding tert-OH is 1. The first-order chi connectivity index (χ1) is 10.8. The summed E-state index contributed by atoms with van der Waals surface area (Å²) >= 11 is 0. The second kappa shape index (κ2) is 8.86. The number of ether oxygens (including phenoxy) is 2. The van der Waals surface area contributed by atoms with Crippen molar-refractivity contribution >= 4 is 5.69 Å². The molecule has 0 saturated carbocycles. The van der Waals surface area contributed by atoms with Crippen LogP contribution in [0.4, 0.5) is 5.69 Å². The Balaban J connectivity index is 2.00. The number of benzene rings is 1.